The number of hydrogen-bond acceptors (Lipinski definition) is 1. The van der Waals surface area contributed by atoms with E-state index in [1.54, 1.807) is 11.1 Å². The molecule has 0 unspecified atom stereocenters. The van der Waals surface area contributed by atoms with E-state index in [0.717, 1.165) is 23.7 Å². The lowest BCUT2D eigenvalue weighted by molar-refractivity contribution is -0.0399. The molecule has 1 heterocycles. The van der Waals surface area contributed by atoms with Crippen LogP contribution in [0.1, 0.15) is 43.2 Å². The standard InChI is InChI=1S/C58H42S/c1-2-10-43-37(9-1)21-25-52-57(43)50-33-40(22-24-51(50)58(52)41-28-34-27-35(30-41)31-42(58)29-34)56-47-14-5-3-12-45(47)55(46-13-4-6-15-48(46)56)38-19-17-36(18-20-38)39-23-26-54-49(32-39)44-11-7-8-16-53(44)59-54/h1-26,32-35,41-42H,27-31H2. The van der Waals surface area contributed by atoms with Gasteiger partial charge in [-0.05, 0) is 168 Å². The second kappa shape index (κ2) is 12.0. The second-order valence-corrected chi connectivity index (χ2v) is 19.5. The summed E-state index contributed by atoms with van der Waals surface area (Å²) in [6, 6.07) is 65.3. The molecule has 59 heavy (non-hydrogen) atoms. The van der Waals surface area contributed by atoms with Gasteiger partial charge in [0.15, 0.2) is 0 Å². The highest BCUT2D eigenvalue weighted by atomic mass is 32.1. The molecule has 0 aliphatic heterocycles. The topological polar surface area (TPSA) is 0 Å². The van der Waals surface area contributed by atoms with Crippen LogP contribution in [0.2, 0.25) is 0 Å². The van der Waals surface area contributed by atoms with E-state index in [-0.39, 0.29) is 5.41 Å². The molecule has 10 aromatic rings. The molecular formula is C58H42S. The Hall–Kier alpha value is -6.02. The third-order valence-electron chi connectivity index (χ3n) is 15.6. The van der Waals surface area contributed by atoms with Gasteiger partial charge in [0.1, 0.15) is 0 Å². The van der Waals surface area contributed by atoms with E-state index >= 15 is 0 Å². The van der Waals surface area contributed by atoms with Crippen LogP contribution < -0.4 is 0 Å². The molecule has 15 rings (SSSR count). The highest BCUT2D eigenvalue weighted by Crippen LogP contribution is 2.70. The Morgan fingerprint density at radius 2 is 0.881 bits per heavy atom. The first-order valence-corrected chi connectivity index (χ1v) is 22.7. The van der Waals surface area contributed by atoms with Gasteiger partial charge in [0.25, 0.3) is 0 Å². The van der Waals surface area contributed by atoms with Crippen molar-refractivity contribution in [3.63, 3.8) is 0 Å². The van der Waals surface area contributed by atoms with Gasteiger partial charge >= 0.3 is 0 Å². The van der Waals surface area contributed by atoms with Crippen LogP contribution in [-0.2, 0) is 5.41 Å². The van der Waals surface area contributed by atoms with Crippen molar-refractivity contribution in [1.29, 1.82) is 0 Å². The quantitative estimate of drug-likeness (QED) is 0.157. The van der Waals surface area contributed by atoms with Crippen molar-refractivity contribution in [2.24, 2.45) is 23.7 Å². The zero-order valence-electron chi connectivity index (χ0n) is 32.9. The third-order valence-corrected chi connectivity index (χ3v) is 16.8. The molecule has 280 valence electrons. The van der Waals surface area contributed by atoms with E-state index < -0.39 is 0 Å². The molecule has 9 aromatic carbocycles. The van der Waals surface area contributed by atoms with Crippen molar-refractivity contribution in [2.45, 2.75) is 37.5 Å². The van der Waals surface area contributed by atoms with Crippen LogP contribution >= 0.6 is 11.3 Å². The van der Waals surface area contributed by atoms with E-state index in [9.17, 15) is 0 Å². The number of thiophene rings is 1. The lowest BCUT2D eigenvalue weighted by Gasteiger charge is -2.61. The molecule has 5 aliphatic rings. The Kier molecular flexibility index (Phi) is 6.70. The van der Waals surface area contributed by atoms with Gasteiger partial charge in [-0.3, -0.25) is 0 Å². The molecule has 1 heteroatoms. The maximum absolute atomic E-state index is 2.62. The normalized spacial score (nSPS) is 22.6. The summed E-state index contributed by atoms with van der Waals surface area (Å²) >= 11 is 1.88. The number of fused-ring (bicyclic) bond motifs is 10. The summed E-state index contributed by atoms with van der Waals surface area (Å²) < 4.78 is 2.69. The van der Waals surface area contributed by atoms with Crippen LogP contribution in [-0.4, -0.2) is 0 Å². The predicted octanol–water partition coefficient (Wildman–Crippen LogP) is 16.2. The summed E-state index contributed by atoms with van der Waals surface area (Å²) in [6.07, 6.45) is 7.08. The number of hydrogen-bond donors (Lipinski definition) is 0. The van der Waals surface area contributed by atoms with E-state index in [0.29, 0.717) is 0 Å². The van der Waals surface area contributed by atoms with Gasteiger partial charge in [-0.1, -0.05) is 146 Å². The summed E-state index contributed by atoms with van der Waals surface area (Å²) in [4.78, 5) is 0. The molecule has 0 amide bonds. The van der Waals surface area contributed by atoms with Crippen molar-refractivity contribution in [3.8, 4) is 44.5 Å². The maximum atomic E-state index is 2.62. The van der Waals surface area contributed by atoms with Crippen molar-refractivity contribution < 1.29 is 0 Å². The van der Waals surface area contributed by atoms with Crippen LogP contribution in [0.5, 0.6) is 0 Å². The minimum absolute atomic E-state index is 0.143. The van der Waals surface area contributed by atoms with E-state index in [4.69, 9.17) is 0 Å². The fourth-order valence-electron chi connectivity index (χ4n) is 13.6. The first-order valence-electron chi connectivity index (χ1n) is 21.8. The summed E-state index contributed by atoms with van der Waals surface area (Å²) in [5.74, 6) is 3.35. The second-order valence-electron chi connectivity index (χ2n) is 18.4. The van der Waals surface area contributed by atoms with E-state index in [1.165, 1.54) is 129 Å². The van der Waals surface area contributed by atoms with Gasteiger partial charge in [0.05, 0.1) is 0 Å². The predicted molar refractivity (Wildman–Crippen MR) is 251 cm³/mol. The zero-order chi connectivity index (χ0) is 38.4. The molecule has 0 radical (unpaired) electrons. The van der Waals surface area contributed by atoms with Gasteiger partial charge in [-0.25, -0.2) is 0 Å². The Morgan fingerprint density at radius 1 is 0.356 bits per heavy atom. The molecule has 4 fully saturated rings. The monoisotopic (exact) mass is 770 g/mol. The molecule has 4 bridgehead atoms. The van der Waals surface area contributed by atoms with Gasteiger partial charge in [0, 0.05) is 25.6 Å². The lowest BCUT2D eigenvalue weighted by Crippen LogP contribution is -2.55. The summed E-state index contributed by atoms with van der Waals surface area (Å²) in [7, 11) is 0. The summed E-state index contributed by atoms with van der Waals surface area (Å²) in [5.41, 5.74) is 14.2. The molecule has 5 aliphatic carbocycles. The highest BCUT2D eigenvalue weighted by Gasteiger charge is 2.61. The van der Waals surface area contributed by atoms with Crippen LogP contribution in [0, 0.1) is 23.7 Å². The first kappa shape index (κ1) is 32.9. The van der Waals surface area contributed by atoms with Crippen LogP contribution in [0.4, 0.5) is 0 Å². The fourth-order valence-corrected chi connectivity index (χ4v) is 14.7. The first-order chi connectivity index (χ1) is 29.2. The third kappa shape index (κ3) is 4.44. The molecule has 0 atom stereocenters. The average Bonchev–Trinajstić information content (AvgIpc) is 3.80. The minimum Gasteiger partial charge on any atom is -0.135 e. The average molecular weight is 771 g/mol. The van der Waals surface area contributed by atoms with Gasteiger partial charge in [-0.15, -0.1) is 11.3 Å². The molecule has 4 saturated carbocycles. The SMILES string of the molecule is c1ccc2c3c(ccc2c1)C1(c2ccc(-c4c5ccccc5c(-c5ccc(-c6ccc7sc8ccccc8c7c6)cc5)c5ccccc45)cc2-3)C2CC3CC(C2)CC1C3. The molecule has 0 N–H and O–H groups in total. The van der Waals surface area contributed by atoms with Gasteiger partial charge in [0.2, 0.25) is 0 Å². The van der Waals surface area contributed by atoms with Crippen LogP contribution in [0.25, 0.3) is 97.0 Å². The molecule has 0 saturated heterocycles. The van der Waals surface area contributed by atoms with Gasteiger partial charge < -0.3 is 0 Å². The van der Waals surface area contributed by atoms with E-state index in [1.807, 2.05) is 11.3 Å². The largest absolute Gasteiger partial charge is 0.135 e. The van der Waals surface area contributed by atoms with Crippen molar-refractivity contribution >= 4 is 63.8 Å². The van der Waals surface area contributed by atoms with Crippen molar-refractivity contribution in [2.75, 3.05) is 0 Å². The smallest absolute Gasteiger partial charge is 0.0355 e. The van der Waals surface area contributed by atoms with E-state index in [2.05, 4.69) is 170 Å². The Balaban J connectivity index is 0.953. The Morgan fingerprint density at radius 3 is 1.58 bits per heavy atom. The Labute approximate surface area is 348 Å². The van der Waals surface area contributed by atoms with Crippen molar-refractivity contribution in [3.05, 3.63) is 181 Å². The van der Waals surface area contributed by atoms with Crippen molar-refractivity contribution in [1.82, 2.24) is 0 Å². The Bertz CT molecular complexity index is 3310. The molecular weight excluding hydrogens is 729 g/mol. The minimum atomic E-state index is 0.143. The zero-order valence-corrected chi connectivity index (χ0v) is 33.7. The summed E-state index contributed by atoms with van der Waals surface area (Å²) in [5, 5.41) is 10.7. The molecule has 1 spiro atoms. The maximum Gasteiger partial charge on any atom is 0.0355 e. The summed E-state index contributed by atoms with van der Waals surface area (Å²) in [6.45, 7) is 0. The number of benzene rings is 9. The van der Waals surface area contributed by atoms with Gasteiger partial charge in [-0.2, -0.15) is 0 Å². The number of rotatable bonds is 3. The molecule has 1 aromatic heterocycles. The highest BCUT2D eigenvalue weighted by molar-refractivity contribution is 7.25. The fraction of sp³-hybridized carbons (Fsp3) is 0.172. The lowest BCUT2D eigenvalue weighted by atomic mass is 9.43. The van der Waals surface area contributed by atoms with Crippen LogP contribution in [0.3, 0.4) is 0 Å². The van der Waals surface area contributed by atoms with Crippen LogP contribution in [0.15, 0.2) is 170 Å². The molecule has 0 nitrogen and oxygen atoms in total.